The van der Waals surface area contributed by atoms with E-state index in [0.29, 0.717) is 30.5 Å². The number of carbonyl (C=O) groups excluding carboxylic acids is 1. The smallest absolute Gasteiger partial charge is 0.246 e. The highest BCUT2D eigenvalue weighted by atomic mass is 127. The van der Waals surface area contributed by atoms with Gasteiger partial charge in [0.05, 0.1) is 5.69 Å². The largest absolute Gasteiger partial charge is 0.357 e. The van der Waals surface area contributed by atoms with E-state index < -0.39 is 29.0 Å². The van der Waals surface area contributed by atoms with Crippen LogP contribution in [0.1, 0.15) is 12.5 Å². The van der Waals surface area contributed by atoms with Crippen LogP contribution in [0.15, 0.2) is 41.4 Å². The van der Waals surface area contributed by atoms with Crippen LogP contribution in [0.3, 0.4) is 0 Å². The number of hydrogen-bond acceptors (Lipinski definition) is 2. The van der Waals surface area contributed by atoms with Gasteiger partial charge >= 0.3 is 0 Å². The maximum absolute atomic E-state index is 13.6. The molecule has 2 aromatic carbocycles. The lowest BCUT2D eigenvalue weighted by atomic mass is 10.1. The van der Waals surface area contributed by atoms with Gasteiger partial charge in [0.1, 0.15) is 6.54 Å². The van der Waals surface area contributed by atoms with E-state index in [1.807, 2.05) is 19.1 Å². The van der Waals surface area contributed by atoms with Gasteiger partial charge < -0.3 is 16.0 Å². The Hall–Kier alpha value is -2.01. The Balaban J connectivity index is 0.00000420. The predicted molar refractivity (Wildman–Crippen MR) is 119 cm³/mol. The normalized spacial score (nSPS) is 10.9. The Labute approximate surface area is 189 Å². The Morgan fingerprint density at radius 1 is 1.03 bits per heavy atom. The Morgan fingerprint density at radius 3 is 2.38 bits per heavy atom. The van der Waals surface area contributed by atoms with Crippen molar-refractivity contribution in [2.24, 2.45) is 4.99 Å². The van der Waals surface area contributed by atoms with Gasteiger partial charge in [0, 0.05) is 18.1 Å². The van der Waals surface area contributed by atoms with Crippen LogP contribution in [0.2, 0.25) is 5.02 Å². The molecule has 0 aliphatic rings. The summed E-state index contributed by atoms with van der Waals surface area (Å²) in [6, 6.07) is 9.12. The summed E-state index contributed by atoms with van der Waals surface area (Å²) in [5.74, 6) is -4.69. The number of guanidine groups is 1. The maximum atomic E-state index is 13.6. The average Bonchev–Trinajstić information content (AvgIpc) is 2.68. The molecule has 2 aromatic rings. The second kappa shape index (κ2) is 12.5. The summed E-state index contributed by atoms with van der Waals surface area (Å²) in [6.07, 6.45) is 0.716. The van der Waals surface area contributed by atoms with Crippen LogP contribution >= 0.6 is 35.6 Å². The molecule has 0 saturated carbocycles. The maximum Gasteiger partial charge on any atom is 0.246 e. The molecule has 158 valence electrons. The van der Waals surface area contributed by atoms with E-state index in [0.717, 1.165) is 17.7 Å². The van der Waals surface area contributed by atoms with Crippen molar-refractivity contribution in [2.45, 2.75) is 13.3 Å². The fourth-order valence-corrected chi connectivity index (χ4v) is 2.41. The minimum absolute atomic E-state index is 0. The summed E-state index contributed by atoms with van der Waals surface area (Å²) in [6.45, 7) is 2.68. The highest BCUT2D eigenvalue weighted by molar-refractivity contribution is 14.0. The first-order valence-electron chi connectivity index (χ1n) is 8.60. The number of rotatable bonds is 7. The third kappa shape index (κ3) is 8.09. The molecule has 0 fully saturated rings. The molecule has 0 radical (unpaired) electrons. The van der Waals surface area contributed by atoms with Crippen molar-refractivity contribution in [1.82, 2.24) is 10.6 Å². The molecule has 0 spiro atoms. The first kappa shape index (κ1) is 25.0. The second-order valence-electron chi connectivity index (χ2n) is 5.77. The van der Waals surface area contributed by atoms with Crippen molar-refractivity contribution >= 4 is 53.1 Å². The number of anilines is 1. The minimum Gasteiger partial charge on any atom is -0.357 e. The van der Waals surface area contributed by atoms with E-state index in [1.54, 1.807) is 12.1 Å². The van der Waals surface area contributed by atoms with Crippen molar-refractivity contribution in [2.75, 3.05) is 25.0 Å². The van der Waals surface area contributed by atoms with Gasteiger partial charge in [0.25, 0.3) is 0 Å². The van der Waals surface area contributed by atoms with E-state index in [-0.39, 0.29) is 30.5 Å². The van der Waals surface area contributed by atoms with Gasteiger partial charge in [-0.2, -0.15) is 0 Å². The van der Waals surface area contributed by atoms with Crippen LogP contribution < -0.4 is 16.0 Å². The quantitative estimate of drug-likeness (QED) is 0.214. The summed E-state index contributed by atoms with van der Waals surface area (Å²) in [7, 11) is 0. The Bertz CT molecular complexity index is 850. The second-order valence-corrected chi connectivity index (χ2v) is 6.21. The van der Waals surface area contributed by atoms with Crippen molar-refractivity contribution < 1.29 is 18.0 Å². The van der Waals surface area contributed by atoms with Crippen molar-refractivity contribution in [3.63, 3.8) is 0 Å². The van der Waals surface area contributed by atoms with E-state index in [1.165, 1.54) is 0 Å². The summed E-state index contributed by atoms with van der Waals surface area (Å²) >= 11 is 5.85. The Kier molecular flexibility index (Phi) is 10.8. The zero-order valence-electron chi connectivity index (χ0n) is 15.6. The molecule has 2 rings (SSSR count). The fourth-order valence-electron chi connectivity index (χ4n) is 2.28. The highest BCUT2D eigenvalue weighted by Crippen LogP contribution is 2.19. The van der Waals surface area contributed by atoms with Gasteiger partial charge in [-0.05, 0) is 43.2 Å². The molecule has 29 heavy (non-hydrogen) atoms. The van der Waals surface area contributed by atoms with Gasteiger partial charge in [0.15, 0.2) is 23.4 Å². The molecule has 0 unspecified atom stereocenters. The van der Waals surface area contributed by atoms with Gasteiger partial charge in [0.2, 0.25) is 5.91 Å². The van der Waals surface area contributed by atoms with Crippen LogP contribution in [-0.2, 0) is 11.2 Å². The molecule has 3 N–H and O–H groups in total. The van der Waals surface area contributed by atoms with Crippen LogP contribution in [0.5, 0.6) is 0 Å². The topological polar surface area (TPSA) is 65.5 Å². The standard InChI is InChI=1S/C19H20ClF3N4O.HI/c1-2-24-19(25-10-9-12-3-5-13(20)6-4-12)26-11-16(28)27-15-8-7-14(21)17(22)18(15)23;/h3-8H,2,9-11H2,1H3,(H,27,28)(H2,24,25,26);1H. The molecular formula is C19H21ClF3IN4O. The SMILES string of the molecule is CCNC(=NCC(=O)Nc1ccc(F)c(F)c1F)NCCc1ccc(Cl)cc1.I. The fraction of sp³-hybridized carbons (Fsp3) is 0.263. The first-order chi connectivity index (χ1) is 13.4. The number of nitrogens with zero attached hydrogens (tertiary/aromatic N) is 1. The average molecular weight is 541 g/mol. The molecule has 10 heteroatoms. The number of halogens is 5. The molecule has 0 aliphatic carbocycles. The Morgan fingerprint density at radius 2 is 1.72 bits per heavy atom. The summed E-state index contributed by atoms with van der Waals surface area (Å²) < 4.78 is 39.7. The van der Waals surface area contributed by atoms with Gasteiger partial charge in [-0.3, -0.25) is 4.79 Å². The van der Waals surface area contributed by atoms with Crippen LogP contribution in [0.4, 0.5) is 18.9 Å². The zero-order chi connectivity index (χ0) is 20.5. The molecular weight excluding hydrogens is 520 g/mol. The van der Waals surface area contributed by atoms with Gasteiger partial charge in [-0.15, -0.1) is 24.0 Å². The number of amides is 1. The minimum atomic E-state index is -1.64. The number of aliphatic imine (C=N–C) groups is 1. The number of carbonyl (C=O) groups is 1. The molecule has 0 atom stereocenters. The van der Waals surface area contributed by atoms with Crippen LogP contribution in [-0.4, -0.2) is 31.5 Å². The third-order valence-electron chi connectivity index (χ3n) is 3.65. The van der Waals surface area contributed by atoms with Crippen LogP contribution in [0.25, 0.3) is 0 Å². The monoisotopic (exact) mass is 540 g/mol. The lowest BCUT2D eigenvalue weighted by Crippen LogP contribution is -2.39. The van der Waals surface area contributed by atoms with Gasteiger partial charge in [-0.25, -0.2) is 18.2 Å². The molecule has 0 aromatic heterocycles. The molecule has 0 bridgehead atoms. The highest BCUT2D eigenvalue weighted by Gasteiger charge is 2.15. The summed E-state index contributed by atoms with van der Waals surface area (Å²) in [5.41, 5.74) is 0.638. The lowest BCUT2D eigenvalue weighted by Gasteiger charge is -2.11. The van der Waals surface area contributed by atoms with E-state index >= 15 is 0 Å². The van der Waals surface area contributed by atoms with Crippen molar-refractivity contribution in [3.05, 3.63) is 64.4 Å². The number of hydrogen-bond donors (Lipinski definition) is 3. The molecule has 1 amide bonds. The summed E-state index contributed by atoms with van der Waals surface area (Å²) in [5, 5.41) is 8.88. The molecule has 5 nitrogen and oxygen atoms in total. The van der Waals surface area contributed by atoms with Crippen LogP contribution in [0, 0.1) is 17.5 Å². The van der Waals surface area contributed by atoms with Gasteiger partial charge in [-0.1, -0.05) is 23.7 Å². The van der Waals surface area contributed by atoms with Crippen molar-refractivity contribution in [1.29, 1.82) is 0 Å². The zero-order valence-corrected chi connectivity index (χ0v) is 18.7. The molecule has 0 aliphatic heterocycles. The summed E-state index contributed by atoms with van der Waals surface area (Å²) in [4.78, 5) is 16.0. The van der Waals surface area contributed by atoms with E-state index in [4.69, 9.17) is 11.6 Å². The predicted octanol–water partition coefficient (Wildman–Crippen LogP) is 4.11. The molecule has 0 saturated heterocycles. The molecule has 0 heterocycles. The third-order valence-corrected chi connectivity index (χ3v) is 3.91. The van der Waals surface area contributed by atoms with E-state index in [2.05, 4.69) is 20.9 Å². The number of benzene rings is 2. The first-order valence-corrected chi connectivity index (χ1v) is 8.98. The van der Waals surface area contributed by atoms with Crippen molar-refractivity contribution in [3.8, 4) is 0 Å². The number of nitrogens with one attached hydrogen (secondary N) is 3. The van der Waals surface area contributed by atoms with E-state index in [9.17, 15) is 18.0 Å². The lowest BCUT2D eigenvalue weighted by molar-refractivity contribution is -0.114.